The minimum Gasteiger partial charge on any atom is -0.491 e. The minimum atomic E-state index is -3.51. The number of sulfonamides is 1. The number of amides is 1. The lowest BCUT2D eigenvalue weighted by Gasteiger charge is -2.25. The van der Waals surface area contributed by atoms with Gasteiger partial charge in [-0.25, -0.2) is 8.42 Å². The molecule has 2 aromatic rings. The summed E-state index contributed by atoms with van der Waals surface area (Å²) in [5, 5.41) is 2.92. The van der Waals surface area contributed by atoms with E-state index in [0.717, 1.165) is 30.4 Å². The summed E-state index contributed by atoms with van der Waals surface area (Å²) < 4.78 is 42.8. The predicted octanol–water partition coefficient (Wildman–Crippen LogP) is 3.54. The maximum absolute atomic E-state index is 12.3. The Hall–Kier alpha value is -2.94. The largest absolute Gasteiger partial charge is 0.491 e. The van der Waals surface area contributed by atoms with Gasteiger partial charge in [-0.05, 0) is 62.9 Å². The second kappa shape index (κ2) is 12.0. The molecule has 1 N–H and O–H groups in total. The number of hydrogen-bond donors (Lipinski definition) is 1. The zero-order valence-corrected chi connectivity index (χ0v) is 20.9. The molecule has 0 atom stereocenters. The third kappa shape index (κ3) is 7.83. The highest BCUT2D eigenvalue weighted by atomic mass is 32.2. The first kappa shape index (κ1) is 25.7. The molecule has 0 radical (unpaired) electrons. The summed E-state index contributed by atoms with van der Waals surface area (Å²) in [7, 11) is -3.51. The number of nitrogens with one attached hydrogen (secondary N) is 1. The summed E-state index contributed by atoms with van der Waals surface area (Å²) in [6.07, 6.45) is 3.58. The molecule has 3 rings (SSSR count). The van der Waals surface area contributed by atoms with Gasteiger partial charge < -0.3 is 19.5 Å². The fraction of sp³-hybridized carbons (Fsp3) is 0.480. The van der Waals surface area contributed by atoms with E-state index in [9.17, 15) is 13.2 Å². The molecular weight excluding hydrogens is 456 g/mol. The van der Waals surface area contributed by atoms with Gasteiger partial charge in [0.05, 0.1) is 18.0 Å². The maximum atomic E-state index is 12.3. The number of ether oxygens (including phenoxy) is 3. The van der Waals surface area contributed by atoms with Crippen molar-refractivity contribution in [3.05, 3.63) is 48.0 Å². The van der Waals surface area contributed by atoms with Crippen LogP contribution in [0.1, 0.15) is 38.7 Å². The van der Waals surface area contributed by atoms with Crippen LogP contribution in [0.3, 0.4) is 0 Å². The number of aryl methyl sites for hydroxylation is 1. The Morgan fingerprint density at radius 2 is 1.85 bits per heavy atom. The van der Waals surface area contributed by atoms with Gasteiger partial charge in [0.1, 0.15) is 19.0 Å². The Bertz CT molecular complexity index is 1070. The second-order valence-corrected chi connectivity index (χ2v) is 10.4. The van der Waals surface area contributed by atoms with Crippen molar-refractivity contribution in [2.75, 3.05) is 36.9 Å². The van der Waals surface area contributed by atoms with Crippen molar-refractivity contribution in [3.63, 3.8) is 0 Å². The average Bonchev–Trinajstić information content (AvgIpc) is 2.78. The van der Waals surface area contributed by atoms with Crippen molar-refractivity contribution in [1.29, 1.82) is 0 Å². The minimum absolute atomic E-state index is 0.0903. The third-order valence-corrected chi connectivity index (χ3v) is 6.41. The van der Waals surface area contributed by atoms with E-state index < -0.39 is 10.0 Å². The highest BCUT2D eigenvalue weighted by Crippen LogP contribution is 2.34. The van der Waals surface area contributed by atoms with Crippen LogP contribution < -0.4 is 23.8 Å². The molecule has 0 bridgehead atoms. The number of rotatable bonds is 12. The number of fused-ring (bicyclic) bond motifs is 1. The van der Waals surface area contributed by atoms with Crippen molar-refractivity contribution in [2.45, 2.75) is 45.6 Å². The Kier molecular flexibility index (Phi) is 9.04. The monoisotopic (exact) mass is 490 g/mol. The molecule has 0 aromatic heterocycles. The molecule has 1 heterocycles. The van der Waals surface area contributed by atoms with Crippen LogP contribution in [0.2, 0.25) is 0 Å². The summed E-state index contributed by atoms with van der Waals surface area (Å²) in [5.74, 6) is 1.89. The topological polar surface area (TPSA) is 94.2 Å². The number of hydrogen-bond acceptors (Lipinski definition) is 6. The Labute approximate surface area is 202 Å². The van der Waals surface area contributed by atoms with E-state index >= 15 is 0 Å². The summed E-state index contributed by atoms with van der Waals surface area (Å²) in [6.45, 7) is 5.64. The van der Waals surface area contributed by atoms with Crippen LogP contribution >= 0.6 is 0 Å². The standard InChI is InChI=1S/C25H34N2O6S/c1-19(2)33-22-9-4-7-20(17-22)8-5-13-26-25(28)10-6-14-27(34(3,29)30)21-11-12-23-24(18-21)32-16-15-31-23/h4,7,9,11-12,17-19H,5-6,8,10,13-16H2,1-3H3,(H,26,28). The molecule has 0 spiro atoms. The molecule has 0 fully saturated rings. The first-order chi connectivity index (χ1) is 16.2. The van der Waals surface area contributed by atoms with E-state index in [2.05, 4.69) is 5.32 Å². The molecule has 0 saturated carbocycles. The third-order valence-electron chi connectivity index (χ3n) is 5.21. The van der Waals surface area contributed by atoms with E-state index in [1.165, 1.54) is 4.31 Å². The van der Waals surface area contributed by atoms with E-state index in [1.807, 2.05) is 38.1 Å². The van der Waals surface area contributed by atoms with Crippen LogP contribution in [-0.4, -0.2) is 53.0 Å². The summed E-state index contributed by atoms with van der Waals surface area (Å²) in [5.41, 5.74) is 1.66. The van der Waals surface area contributed by atoms with Crippen LogP contribution in [0, 0.1) is 0 Å². The van der Waals surface area contributed by atoms with Crippen LogP contribution in [0.25, 0.3) is 0 Å². The van der Waals surface area contributed by atoms with Gasteiger partial charge in [-0.15, -0.1) is 0 Å². The van der Waals surface area contributed by atoms with Gasteiger partial charge in [0.2, 0.25) is 15.9 Å². The fourth-order valence-corrected chi connectivity index (χ4v) is 4.67. The van der Waals surface area contributed by atoms with Crippen molar-refractivity contribution in [3.8, 4) is 17.2 Å². The van der Waals surface area contributed by atoms with Crippen molar-refractivity contribution >= 4 is 21.6 Å². The highest BCUT2D eigenvalue weighted by molar-refractivity contribution is 7.92. The zero-order chi connectivity index (χ0) is 24.6. The molecule has 0 unspecified atom stereocenters. The first-order valence-corrected chi connectivity index (χ1v) is 13.5. The van der Waals surface area contributed by atoms with E-state index in [1.54, 1.807) is 18.2 Å². The van der Waals surface area contributed by atoms with E-state index in [0.29, 0.717) is 43.4 Å². The zero-order valence-electron chi connectivity index (χ0n) is 20.1. The summed E-state index contributed by atoms with van der Waals surface area (Å²) in [4.78, 5) is 12.3. The Morgan fingerprint density at radius 1 is 1.09 bits per heavy atom. The average molecular weight is 491 g/mol. The fourth-order valence-electron chi connectivity index (χ4n) is 3.71. The van der Waals surface area contributed by atoms with Crippen molar-refractivity contribution in [1.82, 2.24) is 5.32 Å². The van der Waals surface area contributed by atoms with Gasteiger partial charge in [0.25, 0.3) is 0 Å². The molecule has 0 saturated heterocycles. The summed E-state index contributed by atoms with van der Waals surface area (Å²) >= 11 is 0. The van der Waals surface area contributed by atoms with Gasteiger partial charge in [-0.2, -0.15) is 0 Å². The van der Waals surface area contributed by atoms with Crippen LogP contribution in [0.4, 0.5) is 5.69 Å². The Balaban J connectivity index is 1.43. The lowest BCUT2D eigenvalue weighted by molar-refractivity contribution is -0.121. The molecule has 34 heavy (non-hydrogen) atoms. The number of nitrogens with zero attached hydrogens (tertiary/aromatic N) is 1. The lowest BCUT2D eigenvalue weighted by Crippen LogP contribution is -2.32. The van der Waals surface area contributed by atoms with E-state index in [4.69, 9.17) is 14.2 Å². The van der Waals surface area contributed by atoms with Gasteiger partial charge in [0, 0.05) is 25.6 Å². The molecule has 1 aliphatic heterocycles. The SMILES string of the molecule is CC(C)Oc1cccc(CCCNC(=O)CCCN(c2ccc3c(c2)OCCO3)S(C)(=O)=O)c1. The van der Waals surface area contributed by atoms with Crippen LogP contribution in [-0.2, 0) is 21.2 Å². The van der Waals surface area contributed by atoms with Crippen molar-refractivity contribution in [2.24, 2.45) is 0 Å². The number of anilines is 1. The molecule has 186 valence electrons. The number of carbonyl (C=O) groups is 1. The lowest BCUT2D eigenvalue weighted by atomic mass is 10.1. The predicted molar refractivity (Wildman–Crippen MR) is 132 cm³/mol. The normalized spacial score (nSPS) is 12.9. The molecule has 1 amide bonds. The number of benzene rings is 2. The molecule has 2 aromatic carbocycles. The number of carbonyl (C=O) groups excluding carboxylic acids is 1. The highest BCUT2D eigenvalue weighted by Gasteiger charge is 2.21. The van der Waals surface area contributed by atoms with Gasteiger partial charge in [-0.1, -0.05) is 12.1 Å². The van der Waals surface area contributed by atoms with Gasteiger partial charge in [0.15, 0.2) is 11.5 Å². The maximum Gasteiger partial charge on any atom is 0.232 e. The second-order valence-electron chi connectivity index (χ2n) is 8.53. The quantitative estimate of drug-likeness (QED) is 0.458. The van der Waals surface area contributed by atoms with Gasteiger partial charge >= 0.3 is 0 Å². The summed E-state index contributed by atoms with van der Waals surface area (Å²) in [6, 6.07) is 13.1. The van der Waals surface area contributed by atoms with Crippen LogP contribution in [0.5, 0.6) is 17.2 Å². The van der Waals surface area contributed by atoms with E-state index in [-0.39, 0.29) is 25.0 Å². The van der Waals surface area contributed by atoms with Gasteiger partial charge in [-0.3, -0.25) is 9.10 Å². The first-order valence-electron chi connectivity index (χ1n) is 11.6. The molecule has 8 nitrogen and oxygen atoms in total. The molecular formula is C25H34N2O6S. The van der Waals surface area contributed by atoms with Crippen LogP contribution in [0.15, 0.2) is 42.5 Å². The Morgan fingerprint density at radius 3 is 2.59 bits per heavy atom. The van der Waals surface area contributed by atoms with Crippen molar-refractivity contribution < 1.29 is 27.4 Å². The molecule has 1 aliphatic rings. The smallest absolute Gasteiger partial charge is 0.232 e. The molecule has 0 aliphatic carbocycles. The molecule has 9 heteroatoms.